The van der Waals surface area contributed by atoms with Crippen molar-refractivity contribution in [3.8, 4) is 11.5 Å². The molecule has 2 aromatic carbocycles. The summed E-state index contributed by atoms with van der Waals surface area (Å²) in [6, 6.07) is 10.6. The zero-order valence-corrected chi connectivity index (χ0v) is 15.0. The van der Waals surface area contributed by atoms with E-state index in [0.717, 1.165) is 11.1 Å². The van der Waals surface area contributed by atoms with Gasteiger partial charge in [-0.05, 0) is 36.4 Å². The van der Waals surface area contributed by atoms with Gasteiger partial charge in [0.15, 0.2) is 0 Å². The van der Waals surface area contributed by atoms with Crippen molar-refractivity contribution in [2.24, 2.45) is 0 Å². The standard InChI is InChI=1S/C16H14Cl4O2/c1-21-13-5-3-9(17)7-11(13)15(16(19)20)12-8-10(18)4-6-14(12)22-2/h3-8,15-16H,1-2H3. The van der Waals surface area contributed by atoms with E-state index < -0.39 is 10.8 Å². The fourth-order valence-corrected chi connectivity index (χ4v) is 3.24. The van der Waals surface area contributed by atoms with E-state index in [4.69, 9.17) is 55.9 Å². The van der Waals surface area contributed by atoms with E-state index in [1.54, 1.807) is 50.6 Å². The van der Waals surface area contributed by atoms with Crippen LogP contribution in [-0.2, 0) is 0 Å². The van der Waals surface area contributed by atoms with Gasteiger partial charge in [0.1, 0.15) is 16.3 Å². The first-order valence-electron chi connectivity index (χ1n) is 6.43. The molecule has 0 unspecified atom stereocenters. The van der Waals surface area contributed by atoms with Crippen molar-refractivity contribution in [3.63, 3.8) is 0 Å². The number of rotatable bonds is 5. The highest BCUT2D eigenvalue weighted by molar-refractivity contribution is 6.45. The molecule has 0 aliphatic heterocycles. The van der Waals surface area contributed by atoms with E-state index in [0.29, 0.717) is 21.5 Å². The molecule has 2 rings (SSSR count). The molecule has 0 heterocycles. The molecular weight excluding hydrogens is 366 g/mol. The molecule has 0 bridgehead atoms. The van der Waals surface area contributed by atoms with Gasteiger partial charge in [0, 0.05) is 27.1 Å². The molecule has 2 aromatic rings. The minimum atomic E-state index is -0.736. The first-order chi connectivity index (χ1) is 10.5. The summed E-state index contributed by atoms with van der Waals surface area (Å²) < 4.78 is 10.8. The Kier molecular flexibility index (Phi) is 6.10. The molecule has 6 heteroatoms. The lowest BCUT2D eigenvalue weighted by Crippen LogP contribution is -2.12. The molecule has 0 saturated carbocycles. The number of methoxy groups -OCH3 is 2. The van der Waals surface area contributed by atoms with Crippen molar-refractivity contribution in [1.29, 1.82) is 0 Å². The van der Waals surface area contributed by atoms with Gasteiger partial charge in [-0.25, -0.2) is 0 Å². The second-order valence-electron chi connectivity index (χ2n) is 4.58. The van der Waals surface area contributed by atoms with Crippen LogP contribution in [0.3, 0.4) is 0 Å². The number of benzene rings is 2. The Labute approximate surface area is 149 Å². The highest BCUT2D eigenvalue weighted by Crippen LogP contribution is 2.43. The largest absolute Gasteiger partial charge is 0.496 e. The van der Waals surface area contributed by atoms with Crippen LogP contribution in [0, 0.1) is 0 Å². The van der Waals surface area contributed by atoms with Gasteiger partial charge in [-0.2, -0.15) is 0 Å². The van der Waals surface area contributed by atoms with E-state index >= 15 is 0 Å². The van der Waals surface area contributed by atoms with Crippen LogP contribution >= 0.6 is 46.4 Å². The third-order valence-corrected chi connectivity index (χ3v) is 4.28. The molecule has 0 spiro atoms. The number of hydrogen-bond acceptors (Lipinski definition) is 2. The Bertz CT molecular complexity index is 605. The minimum Gasteiger partial charge on any atom is -0.496 e. The third kappa shape index (κ3) is 3.75. The molecule has 0 fully saturated rings. The monoisotopic (exact) mass is 378 g/mol. The summed E-state index contributed by atoms with van der Waals surface area (Å²) in [5, 5.41) is 1.13. The highest BCUT2D eigenvalue weighted by atomic mass is 35.5. The van der Waals surface area contributed by atoms with Gasteiger partial charge in [0.2, 0.25) is 0 Å². The normalized spacial score (nSPS) is 11.1. The highest BCUT2D eigenvalue weighted by Gasteiger charge is 2.28. The van der Waals surface area contributed by atoms with Crippen LogP contribution < -0.4 is 9.47 Å². The van der Waals surface area contributed by atoms with E-state index in [2.05, 4.69) is 0 Å². The van der Waals surface area contributed by atoms with Crippen LogP contribution in [0.15, 0.2) is 36.4 Å². The second kappa shape index (κ2) is 7.65. The third-order valence-electron chi connectivity index (χ3n) is 3.31. The van der Waals surface area contributed by atoms with Crippen LogP contribution in [0.25, 0.3) is 0 Å². The molecule has 118 valence electrons. The predicted molar refractivity (Wildman–Crippen MR) is 93.3 cm³/mol. The molecule has 0 N–H and O–H groups in total. The Morgan fingerprint density at radius 3 is 1.50 bits per heavy atom. The van der Waals surface area contributed by atoms with Crippen LogP contribution in [0.2, 0.25) is 10.0 Å². The lowest BCUT2D eigenvalue weighted by atomic mass is 9.91. The van der Waals surface area contributed by atoms with Crippen LogP contribution in [0.4, 0.5) is 0 Å². The zero-order chi connectivity index (χ0) is 16.3. The van der Waals surface area contributed by atoms with Crippen LogP contribution in [0.5, 0.6) is 11.5 Å². The summed E-state index contributed by atoms with van der Waals surface area (Å²) in [6.07, 6.45) is 0. The fourth-order valence-electron chi connectivity index (χ4n) is 2.34. The van der Waals surface area contributed by atoms with E-state index in [1.165, 1.54) is 0 Å². The lowest BCUT2D eigenvalue weighted by Gasteiger charge is -2.23. The van der Waals surface area contributed by atoms with Gasteiger partial charge in [-0.1, -0.05) is 23.2 Å². The topological polar surface area (TPSA) is 18.5 Å². The fraction of sp³-hybridized carbons (Fsp3) is 0.250. The van der Waals surface area contributed by atoms with Gasteiger partial charge < -0.3 is 9.47 Å². The smallest absolute Gasteiger partial charge is 0.122 e. The summed E-state index contributed by atoms with van der Waals surface area (Å²) >= 11 is 24.7. The summed E-state index contributed by atoms with van der Waals surface area (Å²) in [7, 11) is 3.16. The zero-order valence-electron chi connectivity index (χ0n) is 11.9. The van der Waals surface area contributed by atoms with E-state index in [-0.39, 0.29) is 0 Å². The summed E-state index contributed by atoms with van der Waals surface area (Å²) in [6.45, 7) is 0. The van der Waals surface area contributed by atoms with Crippen molar-refractivity contribution in [3.05, 3.63) is 57.6 Å². The van der Waals surface area contributed by atoms with Crippen LogP contribution in [-0.4, -0.2) is 19.1 Å². The molecule has 0 aromatic heterocycles. The van der Waals surface area contributed by atoms with E-state index in [1.807, 2.05) is 0 Å². The van der Waals surface area contributed by atoms with Gasteiger partial charge in [0.05, 0.1) is 14.2 Å². The summed E-state index contributed by atoms with van der Waals surface area (Å²) in [5.41, 5.74) is 1.54. The van der Waals surface area contributed by atoms with Crippen molar-refractivity contribution in [2.45, 2.75) is 10.8 Å². The lowest BCUT2D eigenvalue weighted by molar-refractivity contribution is 0.401. The maximum atomic E-state index is 6.24. The maximum Gasteiger partial charge on any atom is 0.122 e. The maximum absolute atomic E-state index is 6.24. The van der Waals surface area contributed by atoms with Crippen molar-refractivity contribution in [1.82, 2.24) is 0 Å². The molecule has 2 nitrogen and oxygen atoms in total. The Morgan fingerprint density at radius 1 is 0.773 bits per heavy atom. The average molecular weight is 380 g/mol. The van der Waals surface area contributed by atoms with Gasteiger partial charge in [0.25, 0.3) is 0 Å². The van der Waals surface area contributed by atoms with Gasteiger partial charge in [-0.15, -0.1) is 23.2 Å². The van der Waals surface area contributed by atoms with Crippen molar-refractivity contribution < 1.29 is 9.47 Å². The van der Waals surface area contributed by atoms with Gasteiger partial charge in [-0.3, -0.25) is 0 Å². The van der Waals surface area contributed by atoms with Gasteiger partial charge >= 0.3 is 0 Å². The summed E-state index contributed by atoms with van der Waals surface area (Å²) in [5.74, 6) is 0.885. The molecule has 0 aliphatic carbocycles. The number of alkyl halides is 2. The molecule has 0 saturated heterocycles. The first-order valence-corrected chi connectivity index (χ1v) is 8.05. The quantitative estimate of drug-likeness (QED) is 0.598. The summed E-state index contributed by atoms with van der Waals surface area (Å²) in [4.78, 5) is -0.736. The first kappa shape index (κ1) is 17.6. The molecular formula is C16H14Cl4O2. The Balaban J connectivity index is 2.66. The van der Waals surface area contributed by atoms with Crippen LogP contribution in [0.1, 0.15) is 17.0 Å². The molecule has 0 amide bonds. The number of hydrogen-bond donors (Lipinski definition) is 0. The second-order valence-corrected chi connectivity index (χ2v) is 6.62. The number of ether oxygens (including phenoxy) is 2. The number of halogens is 4. The SMILES string of the molecule is COc1ccc(Cl)cc1C(c1cc(Cl)ccc1OC)C(Cl)Cl. The molecule has 0 aliphatic rings. The minimum absolute atomic E-state index is 0.398. The average Bonchev–Trinajstić information content (AvgIpc) is 2.47. The van der Waals surface area contributed by atoms with Crippen molar-refractivity contribution >= 4 is 46.4 Å². The molecule has 0 radical (unpaired) electrons. The Hall–Kier alpha value is -0.800. The van der Waals surface area contributed by atoms with Crippen molar-refractivity contribution in [2.75, 3.05) is 14.2 Å². The molecule has 0 atom stereocenters. The predicted octanol–water partition coefficient (Wildman–Crippen LogP) is 5.95. The van der Waals surface area contributed by atoms with E-state index in [9.17, 15) is 0 Å². The Morgan fingerprint density at radius 2 is 1.18 bits per heavy atom. The molecule has 22 heavy (non-hydrogen) atoms.